The molecule has 8 nitrogen and oxygen atoms in total. The number of carbonyl (C=O) groups is 1. The third kappa shape index (κ3) is 3.88. The van der Waals surface area contributed by atoms with E-state index in [0.717, 1.165) is 15.3 Å². The average molecular weight is 474 g/mol. The van der Waals surface area contributed by atoms with Gasteiger partial charge < -0.3 is 14.4 Å². The number of rotatable bonds is 5. The number of pyridine rings is 1. The van der Waals surface area contributed by atoms with Gasteiger partial charge in [0.15, 0.2) is 5.82 Å². The van der Waals surface area contributed by atoms with E-state index in [1.165, 1.54) is 0 Å². The minimum Gasteiger partial charge on any atom is -0.335 e. The fourth-order valence-electron chi connectivity index (χ4n) is 3.74. The smallest absolute Gasteiger partial charge is 0.260 e. The molecule has 0 unspecified atom stereocenters. The van der Waals surface area contributed by atoms with Crippen molar-refractivity contribution in [1.29, 1.82) is 0 Å². The van der Waals surface area contributed by atoms with E-state index in [-0.39, 0.29) is 11.8 Å². The Morgan fingerprint density at radius 1 is 1.03 bits per heavy atom. The minimum absolute atomic E-state index is 0.126. The number of aromatic nitrogens is 4. The predicted octanol–water partition coefficient (Wildman–Crippen LogP) is 6.30. The quantitative estimate of drug-likeness (QED) is 0.319. The number of benzene rings is 1. The zero-order valence-electron chi connectivity index (χ0n) is 19.5. The number of fused-ring (bicyclic) bond motifs is 1. The van der Waals surface area contributed by atoms with Gasteiger partial charge >= 0.3 is 0 Å². The van der Waals surface area contributed by atoms with E-state index in [1.54, 1.807) is 24.3 Å². The van der Waals surface area contributed by atoms with Crippen molar-refractivity contribution in [3.8, 4) is 22.0 Å². The van der Waals surface area contributed by atoms with Gasteiger partial charge in [-0.25, -0.2) is 4.98 Å². The maximum Gasteiger partial charge on any atom is 0.260 e. The van der Waals surface area contributed by atoms with Gasteiger partial charge in [0.1, 0.15) is 0 Å². The van der Waals surface area contributed by atoms with Crippen molar-refractivity contribution in [2.75, 3.05) is 5.32 Å². The van der Waals surface area contributed by atoms with E-state index in [2.05, 4.69) is 25.6 Å². The van der Waals surface area contributed by atoms with Gasteiger partial charge in [0.2, 0.25) is 0 Å². The first-order valence-electron chi connectivity index (χ1n) is 10.9. The van der Waals surface area contributed by atoms with Crippen LogP contribution in [0.5, 0.6) is 0 Å². The topological polar surface area (TPSA) is 107 Å². The number of nitrogens with zero attached hydrogens (tertiary/aromatic N) is 4. The monoisotopic (exact) mass is 473 g/mol. The maximum absolute atomic E-state index is 13.6. The first kappa shape index (κ1) is 22.0. The highest BCUT2D eigenvalue weighted by molar-refractivity contribution is 7.15. The van der Waals surface area contributed by atoms with Crippen molar-refractivity contribution in [3.63, 3.8) is 0 Å². The summed E-state index contributed by atoms with van der Waals surface area (Å²) in [5.74, 6) is 0.799. The Labute approximate surface area is 200 Å². The number of amides is 1. The molecular formula is C25H23N5O3S. The molecular weight excluding hydrogens is 450 g/mol. The predicted molar refractivity (Wildman–Crippen MR) is 131 cm³/mol. The summed E-state index contributed by atoms with van der Waals surface area (Å²) < 4.78 is 10.9. The van der Waals surface area contributed by atoms with Crippen LogP contribution in [0.1, 0.15) is 52.1 Å². The molecule has 9 heteroatoms. The molecule has 172 valence electrons. The fraction of sp³-hybridized carbons (Fsp3) is 0.240. The highest BCUT2D eigenvalue weighted by Crippen LogP contribution is 2.34. The third-order valence-electron chi connectivity index (χ3n) is 5.55. The van der Waals surface area contributed by atoms with Gasteiger partial charge in [0, 0.05) is 10.8 Å². The molecule has 0 saturated carbocycles. The Morgan fingerprint density at radius 3 is 2.56 bits per heavy atom. The Morgan fingerprint density at radius 2 is 1.85 bits per heavy atom. The molecule has 5 rings (SSSR count). The number of anilines is 1. The zero-order chi connectivity index (χ0) is 24.0. The summed E-state index contributed by atoms with van der Waals surface area (Å²) in [6.07, 6.45) is 0. The molecule has 0 radical (unpaired) electrons. The third-order valence-corrected chi connectivity index (χ3v) is 6.58. The molecule has 1 amide bonds. The molecule has 0 fully saturated rings. The van der Waals surface area contributed by atoms with Crippen molar-refractivity contribution >= 4 is 34.0 Å². The molecule has 0 aliphatic rings. The number of para-hydroxylation sites is 1. The Bertz CT molecular complexity index is 1530. The van der Waals surface area contributed by atoms with Gasteiger partial charge in [0.25, 0.3) is 17.5 Å². The summed E-state index contributed by atoms with van der Waals surface area (Å²) in [5.41, 5.74) is 4.17. The van der Waals surface area contributed by atoms with Crippen molar-refractivity contribution < 1.29 is 13.8 Å². The number of hydrogen-bond donors (Lipinski definition) is 1. The Balaban J connectivity index is 1.59. The summed E-state index contributed by atoms with van der Waals surface area (Å²) in [4.78, 5) is 24.9. The zero-order valence-corrected chi connectivity index (χ0v) is 20.3. The molecule has 1 N–H and O–H groups in total. The second-order valence-electron chi connectivity index (χ2n) is 8.48. The summed E-state index contributed by atoms with van der Waals surface area (Å²) in [7, 11) is 0. The van der Waals surface area contributed by atoms with Crippen LogP contribution in [-0.2, 0) is 0 Å². The number of aryl methyl sites for hydroxylation is 3. The highest BCUT2D eigenvalue weighted by atomic mass is 32.1. The molecule has 34 heavy (non-hydrogen) atoms. The van der Waals surface area contributed by atoms with Gasteiger partial charge in [0.05, 0.1) is 38.5 Å². The van der Waals surface area contributed by atoms with Gasteiger partial charge in [-0.2, -0.15) is 4.98 Å². The molecule has 1 aromatic carbocycles. The van der Waals surface area contributed by atoms with Crippen LogP contribution in [0.4, 0.5) is 5.69 Å². The Hall–Kier alpha value is -3.85. The summed E-state index contributed by atoms with van der Waals surface area (Å²) in [6, 6.07) is 11.5. The summed E-state index contributed by atoms with van der Waals surface area (Å²) in [5, 5.41) is 11.8. The average Bonchev–Trinajstić information content (AvgIpc) is 3.55. The molecule has 0 bridgehead atoms. The van der Waals surface area contributed by atoms with E-state index in [4.69, 9.17) is 9.05 Å². The van der Waals surface area contributed by atoms with Gasteiger partial charge in [-0.05, 0) is 50.6 Å². The number of thiophene rings is 1. The molecule has 0 aliphatic carbocycles. The van der Waals surface area contributed by atoms with Crippen LogP contribution in [0.25, 0.3) is 33.1 Å². The summed E-state index contributed by atoms with van der Waals surface area (Å²) >= 11 is 1.60. The van der Waals surface area contributed by atoms with Crippen LogP contribution in [0.2, 0.25) is 0 Å². The summed E-state index contributed by atoms with van der Waals surface area (Å²) in [6.45, 7) is 9.74. The van der Waals surface area contributed by atoms with E-state index in [0.29, 0.717) is 51.0 Å². The number of carbonyl (C=O) groups excluding carboxylic acids is 1. The highest BCUT2D eigenvalue weighted by Gasteiger charge is 2.23. The fourth-order valence-corrected chi connectivity index (χ4v) is 4.57. The first-order chi connectivity index (χ1) is 16.3. The van der Waals surface area contributed by atoms with Crippen LogP contribution < -0.4 is 5.32 Å². The first-order valence-corrected chi connectivity index (χ1v) is 11.7. The Kier molecular flexibility index (Phi) is 5.49. The van der Waals surface area contributed by atoms with E-state index >= 15 is 0 Å². The van der Waals surface area contributed by atoms with E-state index in [1.807, 2.05) is 58.0 Å². The lowest BCUT2D eigenvalue weighted by molar-refractivity contribution is 0.102. The minimum atomic E-state index is -0.299. The van der Waals surface area contributed by atoms with Crippen LogP contribution in [0.15, 0.2) is 45.4 Å². The van der Waals surface area contributed by atoms with Crippen LogP contribution >= 0.6 is 11.3 Å². The van der Waals surface area contributed by atoms with Crippen molar-refractivity contribution in [2.24, 2.45) is 0 Å². The van der Waals surface area contributed by atoms with Crippen LogP contribution in [-0.4, -0.2) is 26.2 Å². The molecule has 0 spiro atoms. The number of nitrogens with one attached hydrogen (secondary N) is 1. The van der Waals surface area contributed by atoms with E-state index < -0.39 is 0 Å². The van der Waals surface area contributed by atoms with Gasteiger partial charge in [-0.15, -0.1) is 11.3 Å². The van der Waals surface area contributed by atoms with Crippen LogP contribution in [0.3, 0.4) is 0 Å². The van der Waals surface area contributed by atoms with Crippen molar-refractivity contribution in [1.82, 2.24) is 20.3 Å². The lowest BCUT2D eigenvalue weighted by Crippen LogP contribution is -2.15. The van der Waals surface area contributed by atoms with Gasteiger partial charge in [-0.1, -0.05) is 36.3 Å². The van der Waals surface area contributed by atoms with Crippen molar-refractivity contribution in [3.05, 3.63) is 63.9 Å². The SMILES string of the molecule is Cc1ccc(-c2cc(C(=O)Nc3c(C)cccc3-c3nc(C(C)C)no3)c3c(C)noc3n2)s1. The molecule has 0 saturated heterocycles. The second kappa shape index (κ2) is 8.49. The van der Waals surface area contributed by atoms with Gasteiger partial charge in [-0.3, -0.25) is 4.79 Å². The maximum atomic E-state index is 13.6. The molecule has 4 heterocycles. The van der Waals surface area contributed by atoms with Crippen molar-refractivity contribution in [2.45, 2.75) is 40.5 Å². The number of hydrogen-bond acceptors (Lipinski definition) is 8. The molecule has 4 aromatic heterocycles. The van der Waals surface area contributed by atoms with Crippen LogP contribution in [0, 0.1) is 20.8 Å². The lowest BCUT2D eigenvalue weighted by atomic mass is 10.1. The molecule has 0 atom stereocenters. The largest absolute Gasteiger partial charge is 0.335 e. The second-order valence-corrected chi connectivity index (χ2v) is 9.77. The lowest BCUT2D eigenvalue weighted by Gasteiger charge is -2.13. The normalized spacial score (nSPS) is 11.5. The standard InChI is InChI=1S/C25H23N5O3S/c1-12(2)22-28-24(32-30-22)16-8-6-7-13(3)21(16)27-23(31)17-11-18(19-10-9-14(4)34-19)26-25-20(17)15(5)29-33-25/h6-12H,1-5H3,(H,27,31). The molecule has 0 aliphatic heterocycles. The van der Waals surface area contributed by atoms with E-state index in [9.17, 15) is 4.79 Å². The molecule has 5 aromatic rings.